The highest BCUT2D eigenvalue weighted by atomic mass is 16.6. The van der Waals surface area contributed by atoms with Crippen molar-refractivity contribution in [1.29, 1.82) is 0 Å². The predicted molar refractivity (Wildman–Crippen MR) is 112 cm³/mol. The Kier molecular flexibility index (Phi) is 7.32. The topological polar surface area (TPSA) is 83.1 Å². The molecule has 30 heavy (non-hydrogen) atoms. The van der Waals surface area contributed by atoms with E-state index in [2.05, 4.69) is 5.32 Å². The molecule has 1 atom stereocenters. The number of carbonyl (C=O) groups is 2. The zero-order valence-electron chi connectivity index (χ0n) is 17.1. The SMILES string of the molecule is COc1cc(/C=C/C(=O)O[C@@H](C)C(=O)NCCc2ccccc2)cc2c1OCCO2. The van der Waals surface area contributed by atoms with Crippen LogP contribution in [0.1, 0.15) is 18.1 Å². The van der Waals surface area contributed by atoms with Crippen LogP contribution in [0.15, 0.2) is 48.5 Å². The average Bonchev–Trinajstić information content (AvgIpc) is 2.77. The zero-order chi connectivity index (χ0) is 21.3. The molecule has 0 radical (unpaired) electrons. The third-order valence-corrected chi connectivity index (χ3v) is 4.48. The number of rotatable bonds is 8. The van der Waals surface area contributed by atoms with Gasteiger partial charge in [-0.3, -0.25) is 4.79 Å². The molecule has 0 fully saturated rings. The second-order valence-corrected chi connectivity index (χ2v) is 6.69. The van der Waals surface area contributed by atoms with E-state index >= 15 is 0 Å². The molecule has 1 aliphatic heterocycles. The summed E-state index contributed by atoms with van der Waals surface area (Å²) in [6.07, 6.45) is 2.65. The molecule has 3 rings (SSSR count). The minimum atomic E-state index is -0.896. The number of esters is 1. The standard InChI is InChI=1S/C23H25NO6/c1-16(23(26)24-11-10-17-6-4-3-5-7-17)30-21(25)9-8-18-14-19(27-2)22-20(15-18)28-12-13-29-22/h3-9,14-16H,10-13H2,1-2H3,(H,24,26)/b9-8+/t16-/m0/s1. The number of fused-ring (bicyclic) bond motifs is 1. The van der Waals surface area contributed by atoms with Gasteiger partial charge in [-0.05, 0) is 42.7 Å². The van der Waals surface area contributed by atoms with Gasteiger partial charge in [-0.2, -0.15) is 0 Å². The summed E-state index contributed by atoms with van der Waals surface area (Å²) in [7, 11) is 1.54. The van der Waals surface area contributed by atoms with Crippen LogP contribution in [-0.4, -0.2) is 44.8 Å². The Bertz CT molecular complexity index is 892. The average molecular weight is 411 g/mol. The highest BCUT2D eigenvalue weighted by Gasteiger charge is 2.18. The van der Waals surface area contributed by atoms with Crippen molar-refractivity contribution < 1.29 is 28.5 Å². The quantitative estimate of drug-likeness (QED) is 0.531. The summed E-state index contributed by atoms with van der Waals surface area (Å²) in [6.45, 7) is 2.91. The van der Waals surface area contributed by atoms with E-state index in [4.69, 9.17) is 18.9 Å². The van der Waals surface area contributed by atoms with E-state index < -0.39 is 12.1 Å². The summed E-state index contributed by atoms with van der Waals surface area (Å²) in [5.74, 6) is 0.665. The van der Waals surface area contributed by atoms with Crippen LogP contribution in [0.2, 0.25) is 0 Å². The largest absolute Gasteiger partial charge is 0.493 e. The van der Waals surface area contributed by atoms with Crippen molar-refractivity contribution in [2.75, 3.05) is 26.9 Å². The number of carbonyl (C=O) groups excluding carboxylic acids is 2. The van der Waals surface area contributed by atoms with Gasteiger partial charge in [0.1, 0.15) is 13.2 Å². The Balaban J connectivity index is 1.50. The molecule has 158 valence electrons. The van der Waals surface area contributed by atoms with E-state index in [1.165, 1.54) is 20.1 Å². The fraction of sp³-hybridized carbons (Fsp3) is 0.304. The van der Waals surface area contributed by atoms with Gasteiger partial charge in [0.05, 0.1) is 7.11 Å². The van der Waals surface area contributed by atoms with Crippen LogP contribution in [0.4, 0.5) is 0 Å². The van der Waals surface area contributed by atoms with Crippen LogP contribution < -0.4 is 19.5 Å². The number of nitrogens with one attached hydrogen (secondary N) is 1. The number of amides is 1. The van der Waals surface area contributed by atoms with Gasteiger partial charge in [0, 0.05) is 12.6 Å². The first-order valence-electron chi connectivity index (χ1n) is 9.75. The molecular formula is C23H25NO6. The maximum absolute atomic E-state index is 12.1. The first kappa shape index (κ1) is 21.2. The molecule has 0 bridgehead atoms. The first-order chi connectivity index (χ1) is 14.6. The van der Waals surface area contributed by atoms with E-state index in [1.807, 2.05) is 30.3 Å². The monoisotopic (exact) mass is 411 g/mol. The zero-order valence-corrected chi connectivity index (χ0v) is 17.1. The molecule has 1 heterocycles. The number of hydrogen-bond donors (Lipinski definition) is 1. The fourth-order valence-electron chi connectivity index (χ4n) is 2.94. The highest BCUT2D eigenvalue weighted by molar-refractivity contribution is 5.90. The van der Waals surface area contributed by atoms with Crippen LogP contribution in [0, 0.1) is 0 Å². The van der Waals surface area contributed by atoms with E-state index in [-0.39, 0.29) is 5.91 Å². The molecule has 0 saturated heterocycles. The van der Waals surface area contributed by atoms with Crippen molar-refractivity contribution >= 4 is 18.0 Å². The third-order valence-electron chi connectivity index (χ3n) is 4.48. The smallest absolute Gasteiger partial charge is 0.331 e. The van der Waals surface area contributed by atoms with Crippen LogP contribution in [0.3, 0.4) is 0 Å². The highest BCUT2D eigenvalue weighted by Crippen LogP contribution is 2.40. The summed E-state index contributed by atoms with van der Waals surface area (Å²) in [5, 5.41) is 2.77. The van der Waals surface area contributed by atoms with Crippen LogP contribution in [0.5, 0.6) is 17.2 Å². The lowest BCUT2D eigenvalue weighted by Gasteiger charge is -2.20. The van der Waals surface area contributed by atoms with Gasteiger partial charge in [0.25, 0.3) is 5.91 Å². The van der Waals surface area contributed by atoms with Crippen molar-refractivity contribution in [2.45, 2.75) is 19.4 Å². The third kappa shape index (κ3) is 5.76. The minimum Gasteiger partial charge on any atom is -0.493 e. The van der Waals surface area contributed by atoms with E-state index in [1.54, 1.807) is 18.2 Å². The molecule has 2 aromatic carbocycles. The molecular weight excluding hydrogens is 386 g/mol. The predicted octanol–water partition coefficient (Wildman–Crippen LogP) is 2.77. The van der Waals surface area contributed by atoms with Gasteiger partial charge in [0.2, 0.25) is 5.75 Å². The maximum atomic E-state index is 12.1. The summed E-state index contributed by atoms with van der Waals surface area (Å²) in [4.78, 5) is 24.2. The number of ether oxygens (including phenoxy) is 4. The number of methoxy groups -OCH3 is 1. The van der Waals surface area contributed by atoms with E-state index in [0.717, 1.165) is 5.56 Å². The minimum absolute atomic E-state index is 0.339. The molecule has 7 heteroatoms. The second-order valence-electron chi connectivity index (χ2n) is 6.69. The lowest BCUT2D eigenvalue weighted by atomic mass is 10.1. The Hall–Kier alpha value is -3.48. The van der Waals surface area contributed by atoms with Crippen molar-refractivity contribution in [3.05, 3.63) is 59.7 Å². The van der Waals surface area contributed by atoms with Crippen molar-refractivity contribution in [1.82, 2.24) is 5.32 Å². The lowest BCUT2D eigenvalue weighted by Crippen LogP contribution is -2.36. The molecule has 1 aliphatic rings. The fourth-order valence-corrected chi connectivity index (χ4v) is 2.94. The molecule has 0 unspecified atom stereocenters. The molecule has 2 aromatic rings. The van der Waals surface area contributed by atoms with Crippen molar-refractivity contribution in [3.63, 3.8) is 0 Å². The van der Waals surface area contributed by atoms with Crippen LogP contribution in [0.25, 0.3) is 6.08 Å². The summed E-state index contributed by atoms with van der Waals surface area (Å²) in [6, 6.07) is 13.3. The number of benzene rings is 2. The Morgan fingerprint density at radius 2 is 1.93 bits per heavy atom. The Labute approximate surface area is 175 Å². The van der Waals surface area contributed by atoms with Gasteiger partial charge in [-0.1, -0.05) is 30.3 Å². The molecule has 0 aliphatic carbocycles. The van der Waals surface area contributed by atoms with E-state index in [0.29, 0.717) is 49.0 Å². The molecule has 0 spiro atoms. The summed E-state index contributed by atoms with van der Waals surface area (Å²) >= 11 is 0. The van der Waals surface area contributed by atoms with E-state index in [9.17, 15) is 9.59 Å². The maximum Gasteiger partial charge on any atom is 0.331 e. The van der Waals surface area contributed by atoms with Gasteiger partial charge < -0.3 is 24.3 Å². The summed E-state index contributed by atoms with van der Waals surface area (Å²) < 4.78 is 21.6. The lowest BCUT2D eigenvalue weighted by molar-refractivity contribution is -0.150. The van der Waals surface area contributed by atoms with Gasteiger partial charge in [-0.15, -0.1) is 0 Å². The molecule has 0 saturated carbocycles. The number of hydrogen-bond acceptors (Lipinski definition) is 6. The van der Waals surface area contributed by atoms with Gasteiger partial charge >= 0.3 is 5.97 Å². The molecule has 7 nitrogen and oxygen atoms in total. The van der Waals surface area contributed by atoms with Gasteiger partial charge in [0.15, 0.2) is 17.6 Å². The normalized spacial score (nSPS) is 13.5. The first-order valence-corrected chi connectivity index (χ1v) is 9.75. The molecule has 0 aromatic heterocycles. The molecule has 1 amide bonds. The second kappa shape index (κ2) is 10.3. The van der Waals surface area contributed by atoms with Crippen molar-refractivity contribution in [3.8, 4) is 17.2 Å². The molecule has 1 N–H and O–H groups in total. The summed E-state index contributed by atoms with van der Waals surface area (Å²) in [5.41, 5.74) is 1.81. The van der Waals surface area contributed by atoms with Gasteiger partial charge in [-0.25, -0.2) is 4.79 Å². The Morgan fingerprint density at radius 3 is 2.70 bits per heavy atom. The van der Waals surface area contributed by atoms with Crippen LogP contribution >= 0.6 is 0 Å². The van der Waals surface area contributed by atoms with Crippen LogP contribution in [-0.2, 0) is 20.7 Å². The Morgan fingerprint density at radius 1 is 1.17 bits per heavy atom. The van der Waals surface area contributed by atoms with Crippen molar-refractivity contribution in [2.24, 2.45) is 0 Å².